The van der Waals surface area contributed by atoms with Crippen LogP contribution in [0.3, 0.4) is 0 Å². The Kier molecular flexibility index (Phi) is 8.07. The maximum Gasteiger partial charge on any atom is 0.164 e. The second-order valence-corrected chi connectivity index (χ2v) is 6.22. The Morgan fingerprint density at radius 2 is 1.08 bits per heavy atom. The van der Waals surface area contributed by atoms with Crippen LogP contribution in [-0.2, 0) is 13.1 Å². The van der Waals surface area contributed by atoms with Crippen LogP contribution in [0.25, 0.3) is 0 Å². The Morgan fingerprint density at radius 3 is 1.54 bits per heavy atom. The van der Waals surface area contributed by atoms with Crippen molar-refractivity contribution in [2.24, 2.45) is 0 Å². The number of hydrogen-bond acceptors (Lipinski definition) is 2. The lowest BCUT2D eigenvalue weighted by atomic mass is 10.1. The van der Waals surface area contributed by atoms with Gasteiger partial charge >= 0.3 is 0 Å². The number of Topliss-reactive ketones (excluding diaryl/α,β-unsaturated/α-hetero) is 1. The predicted octanol–water partition coefficient (Wildman–Crippen LogP) is 5.38. The number of rotatable bonds is 8. The van der Waals surface area contributed by atoms with E-state index in [9.17, 15) is 4.79 Å². The summed E-state index contributed by atoms with van der Waals surface area (Å²) in [5, 5.41) is 0. The van der Waals surface area contributed by atoms with E-state index in [1.807, 2.05) is 42.5 Å². The van der Waals surface area contributed by atoms with E-state index in [1.165, 1.54) is 11.1 Å². The molecule has 3 aromatic rings. The van der Waals surface area contributed by atoms with Gasteiger partial charge in [0.25, 0.3) is 0 Å². The van der Waals surface area contributed by atoms with Crippen LogP contribution < -0.4 is 0 Å². The molecule has 0 bridgehead atoms. The lowest BCUT2D eigenvalue weighted by Gasteiger charge is -2.22. The molecule has 0 unspecified atom stereocenters. The molecule has 0 N–H and O–H groups in total. The summed E-state index contributed by atoms with van der Waals surface area (Å²) in [7, 11) is 0. The summed E-state index contributed by atoms with van der Waals surface area (Å²) in [4.78, 5) is 14.8. The highest BCUT2D eigenvalue weighted by Crippen LogP contribution is 2.12. The summed E-state index contributed by atoms with van der Waals surface area (Å²) in [5.41, 5.74) is 3.33. The maximum absolute atomic E-state index is 12.4. The first-order chi connectivity index (χ1) is 12.3. The van der Waals surface area contributed by atoms with Gasteiger partial charge in [0.1, 0.15) is 0 Å². The van der Waals surface area contributed by atoms with Crippen LogP contribution in [0.2, 0.25) is 0 Å². The van der Waals surface area contributed by atoms with Gasteiger partial charge in [-0.25, -0.2) is 0 Å². The van der Waals surface area contributed by atoms with E-state index in [2.05, 4.69) is 53.4 Å². The first-order valence-electron chi connectivity index (χ1n) is 8.70. The lowest BCUT2D eigenvalue weighted by Crippen LogP contribution is -2.25. The summed E-state index contributed by atoms with van der Waals surface area (Å²) < 4.78 is 0. The smallest absolute Gasteiger partial charge is 0.164 e. The molecule has 3 heteroatoms. The van der Waals surface area contributed by atoms with Crippen molar-refractivity contribution >= 4 is 18.2 Å². The first-order valence-corrected chi connectivity index (χ1v) is 8.70. The molecule has 26 heavy (non-hydrogen) atoms. The van der Waals surface area contributed by atoms with E-state index in [-0.39, 0.29) is 18.2 Å². The van der Waals surface area contributed by atoms with E-state index in [0.717, 1.165) is 25.2 Å². The van der Waals surface area contributed by atoms with Gasteiger partial charge in [-0.1, -0.05) is 91.0 Å². The third kappa shape index (κ3) is 6.14. The lowest BCUT2D eigenvalue weighted by molar-refractivity contribution is 0.0960. The van der Waals surface area contributed by atoms with Crippen molar-refractivity contribution in [2.45, 2.75) is 19.5 Å². The summed E-state index contributed by atoms with van der Waals surface area (Å²) >= 11 is 0. The van der Waals surface area contributed by atoms with Gasteiger partial charge in [-0.2, -0.15) is 0 Å². The van der Waals surface area contributed by atoms with Crippen molar-refractivity contribution in [3.05, 3.63) is 108 Å². The van der Waals surface area contributed by atoms with Crippen molar-refractivity contribution in [1.29, 1.82) is 0 Å². The van der Waals surface area contributed by atoms with E-state index < -0.39 is 0 Å². The predicted molar refractivity (Wildman–Crippen MR) is 110 cm³/mol. The summed E-state index contributed by atoms with van der Waals surface area (Å²) in [5.74, 6) is 0.201. The quantitative estimate of drug-likeness (QED) is 0.499. The molecule has 134 valence electrons. The van der Waals surface area contributed by atoms with Crippen molar-refractivity contribution in [2.75, 3.05) is 6.54 Å². The minimum atomic E-state index is 0. The highest BCUT2D eigenvalue weighted by molar-refractivity contribution is 5.96. The Bertz CT molecular complexity index is 734. The fraction of sp³-hybridized carbons (Fsp3) is 0.174. The third-order valence-electron chi connectivity index (χ3n) is 4.25. The van der Waals surface area contributed by atoms with Crippen LogP contribution in [0.1, 0.15) is 27.9 Å². The van der Waals surface area contributed by atoms with E-state index >= 15 is 0 Å². The number of carbonyl (C=O) groups excluding carboxylic acids is 1. The zero-order valence-electron chi connectivity index (χ0n) is 14.8. The average Bonchev–Trinajstić information content (AvgIpc) is 2.68. The van der Waals surface area contributed by atoms with Crippen molar-refractivity contribution in [3.63, 3.8) is 0 Å². The Morgan fingerprint density at radius 1 is 0.654 bits per heavy atom. The molecular weight excluding hydrogens is 342 g/mol. The minimum absolute atomic E-state index is 0. The number of halogens is 1. The molecule has 0 heterocycles. The SMILES string of the molecule is Cl.O=C(CCN(Cc1ccccc1)Cc1ccccc1)c1ccccc1. The Balaban J connectivity index is 0.00000243. The molecule has 0 fully saturated rings. The van der Waals surface area contributed by atoms with E-state index in [4.69, 9.17) is 0 Å². The van der Waals surface area contributed by atoms with E-state index in [1.54, 1.807) is 0 Å². The molecule has 0 saturated carbocycles. The van der Waals surface area contributed by atoms with Crippen LogP contribution in [0.5, 0.6) is 0 Å². The molecule has 0 atom stereocenters. The van der Waals surface area contributed by atoms with Gasteiger partial charge in [0, 0.05) is 31.6 Å². The van der Waals surface area contributed by atoms with Gasteiger partial charge in [-0.05, 0) is 11.1 Å². The molecule has 0 aliphatic rings. The average molecular weight is 366 g/mol. The number of benzene rings is 3. The number of ketones is 1. The van der Waals surface area contributed by atoms with Gasteiger partial charge in [0.05, 0.1) is 0 Å². The summed E-state index contributed by atoms with van der Waals surface area (Å²) in [6, 6.07) is 30.4. The number of hydrogen-bond donors (Lipinski definition) is 0. The van der Waals surface area contributed by atoms with Crippen molar-refractivity contribution in [3.8, 4) is 0 Å². The standard InChI is InChI=1S/C23H23NO.ClH/c25-23(22-14-8-3-9-15-22)16-17-24(18-20-10-4-1-5-11-20)19-21-12-6-2-7-13-21;/h1-15H,16-19H2;1H. The van der Waals surface area contributed by atoms with Crippen molar-refractivity contribution in [1.82, 2.24) is 4.90 Å². The van der Waals surface area contributed by atoms with Crippen LogP contribution in [0, 0.1) is 0 Å². The fourth-order valence-electron chi connectivity index (χ4n) is 2.93. The molecule has 3 rings (SSSR count). The molecule has 0 aliphatic carbocycles. The Labute approximate surface area is 161 Å². The van der Waals surface area contributed by atoms with Gasteiger partial charge in [0.15, 0.2) is 5.78 Å². The normalized spacial score (nSPS) is 10.3. The van der Waals surface area contributed by atoms with Gasteiger partial charge < -0.3 is 0 Å². The van der Waals surface area contributed by atoms with Crippen LogP contribution in [0.15, 0.2) is 91.0 Å². The second kappa shape index (κ2) is 10.5. The molecular formula is C23H24ClNO. The molecule has 0 aliphatic heterocycles. The topological polar surface area (TPSA) is 20.3 Å². The van der Waals surface area contributed by atoms with Crippen LogP contribution in [0.4, 0.5) is 0 Å². The Hall–Kier alpha value is -2.42. The molecule has 2 nitrogen and oxygen atoms in total. The molecule has 3 aromatic carbocycles. The monoisotopic (exact) mass is 365 g/mol. The van der Waals surface area contributed by atoms with E-state index in [0.29, 0.717) is 6.42 Å². The fourth-order valence-corrected chi connectivity index (χ4v) is 2.93. The zero-order chi connectivity index (χ0) is 17.3. The molecule has 0 spiro atoms. The molecule has 0 amide bonds. The minimum Gasteiger partial charge on any atom is -0.294 e. The third-order valence-corrected chi connectivity index (χ3v) is 4.25. The molecule has 0 aromatic heterocycles. The molecule has 0 radical (unpaired) electrons. The maximum atomic E-state index is 12.4. The van der Waals surface area contributed by atoms with Gasteiger partial charge in [-0.3, -0.25) is 9.69 Å². The zero-order valence-corrected chi connectivity index (χ0v) is 15.6. The molecule has 0 saturated heterocycles. The van der Waals surface area contributed by atoms with Crippen LogP contribution in [-0.4, -0.2) is 17.2 Å². The first kappa shape index (κ1) is 19.9. The van der Waals surface area contributed by atoms with Gasteiger partial charge in [-0.15, -0.1) is 12.4 Å². The van der Waals surface area contributed by atoms with Crippen molar-refractivity contribution < 1.29 is 4.79 Å². The van der Waals surface area contributed by atoms with Crippen LogP contribution >= 0.6 is 12.4 Å². The highest BCUT2D eigenvalue weighted by Gasteiger charge is 2.11. The highest BCUT2D eigenvalue weighted by atomic mass is 35.5. The largest absolute Gasteiger partial charge is 0.294 e. The second-order valence-electron chi connectivity index (χ2n) is 6.22. The summed E-state index contributed by atoms with van der Waals surface area (Å²) in [6.07, 6.45) is 0.531. The van der Waals surface area contributed by atoms with Gasteiger partial charge in [0.2, 0.25) is 0 Å². The number of nitrogens with zero attached hydrogens (tertiary/aromatic N) is 1. The number of carbonyl (C=O) groups is 1. The summed E-state index contributed by atoms with van der Waals surface area (Å²) in [6.45, 7) is 2.44.